The summed E-state index contributed by atoms with van der Waals surface area (Å²) in [4.78, 5) is 20.1. The molecule has 5 heteroatoms. The lowest BCUT2D eigenvalue weighted by Gasteiger charge is -2.19. The predicted molar refractivity (Wildman–Crippen MR) is 257 cm³/mol. The van der Waals surface area contributed by atoms with E-state index < -0.39 is 0 Å². The van der Waals surface area contributed by atoms with Crippen molar-refractivity contribution in [2.45, 2.75) is 19.5 Å². The van der Waals surface area contributed by atoms with Crippen molar-refractivity contribution in [3.8, 4) is 56.4 Å². The largest absolute Gasteiger partial charge is 0.363 e. The summed E-state index contributed by atoms with van der Waals surface area (Å²) in [7, 11) is 0. The first-order valence-electron chi connectivity index (χ1n) is 21.1. The van der Waals surface area contributed by atoms with Crippen molar-refractivity contribution in [2.75, 3.05) is 0 Å². The Hall–Kier alpha value is -8.02. The molecule has 10 aromatic rings. The molecule has 0 aliphatic carbocycles. The molecule has 0 aliphatic heterocycles. The molecule has 0 amide bonds. The fourth-order valence-corrected chi connectivity index (χ4v) is 8.26. The van der Waals surface area contributed by atoms with Crippen LogP contribution in [0.25, 0.3) is 78.0 Å². The fraction of sp³-hybridized carbons (Fsp3) is 0.0526. The Morgan fingerprint density at radius 2 is 0.774 bits per heavy atom. The van der Waals surface area contributed by atoms with E-state index in [1.54, 1.807) is 0 Å². The maximum absolute atomic E-state index is 5.16. The molecule has 1 aromatic heterocycles. The molecule has 5 nitrogen and oxygen atoms in total. The van der Waals surface area contributed by atoms with Gasteiger partial charge in [-0.3, -0.25) is 4.99 Å². The summed E-state index contributed by atoms with van der Waals surface area (Å²) in [6.07, 6.45) is 0. The first-order chi connectivity index (χ1) is 30.7. The van der Waals surface area contributed by atoms with Gasteiger partial charge in [-0.05, 0) is 61.8 Å². The monoisotopic (exact) mass is 797 g/mol. The number of hydrogen-bond donors (Lipinski definition) is 1. The number of fused-ring (bicyclic) bond motifs is 3. The third kappa shape index (κ3) is 7.87. The molecule has 0 aliphatic rings. The average molecular weight is 798 g/mol. The maximum atomic E-state index is 5.16. The molecule has 0 saturated heterocycles. The Morgan fingerprint density at radius 3 is 1.26 bits per heavy atom. The molecule has 1 heterocycles. The lowest BCUT2D eigenvalue weighted by Crippen LogP contribution is -2.27. The van der Waals surface area contributed by atoms with Crippen LogP contribution in [0.4, 0.5) is 0 Å². The third-order valence-corrected chi connectivity index (χ3v) is 11.4. The zero-order valence-electron chi connectivity index (χ0n) is 34.4. The topological polar surface area (TPSA) is 63.1 Å². The summed E-state index contributed by atoms with van der Waals surface area (Å²) in [5.41, 5.74) is 10.9. The first kappa shape index (κ1) is 38.2. The van der Waals surface area contributed by atoms with E-state index in [4.69, 9.17) is 19.9 Å². The van der Waals surface area contributed by atoms with Crippen LogP contribution >= 0.6 is 0 Å². The number of nitrogens with one attached hydrogen (secondary N) is 1. The van der Waals surface area contributed by atoms with Crippen molar-refractivity contribution in [2.24, 2.45) is 4.99 Å². The van der Waals surface area contributed by atoms with Crippen LogP contribution in [0, 0.1) is 0 Å². The minimum atomic E-state index is 0.0990. The Kier molecular flexibility index (Phi) is 10.7. The van der Waals surface area contributed by atoms with Crippen LogP contribution in [0.1, 0.15) is 29.7 Å². The van der Waals surface area contributed by atoms with Gasteiger partial charge in [-0.1, -0.05) is 218 Å². The van der Waals surface area contributed by atoms with Crippen molar-refractivity contribution < 1.29 is 0 Å². The highest BCUT2D eigenvalue weighted by atomic mass is 15.0. The Morgan fingerprint density at radius 1 is 0.403 bits per heavy atom. The van der Waals surface area contributed by atoms with Gasteiger partial charge in [0.2, 0.25) is 0 Å². The number of hydrogen-bond acceptors (Lipinski definition) is 4. The van der Waals surface area contributed by atoms with Gasteiger partial charge in [0.05, 0.1) is 6.54 Å². The minimum absolute atomic E-state index is 0.0990. The molecular formula is C57H43N5. The molecule has 0 bridgehead atoms. The fourth-order valence-electron chi connectivity index (χ4n) is 8.26. The standard InChI is InChI=1S/C57H43N5/c1-39(41-18-6-2-7-19-41)59-54(44-20-8-3-9-21-44)58-38-40-30-32-42(33-31-40)52-50-28-16-14-26-48(50)49-27-15-17-29-51(49)53(52)43-34-36-47(37-35-43)57-61-55(45-22-10-4-11-23-45)60-56(62-57)46-24-12-5-13-25-46/h2-37,39H,38H2,1H3,(H,58,59). The summed E-state index contributed by atoms with van der Waals surface area (Å²) in [5.74, 6) is 2.79. The molecule has 0 radical (unpaired) electrons. The van der Waals surface area contributed by atoms with Gasteiger partial charge < -0.3 is 5.32 Å². The van der Waals surface area contributed by atoms with Crippen LogP contribution in [-0.4, -0.2) is 20.8 Å². The van der Waals surface area contributed by atoms with Crippen LogP contribution in [-0.2, 0) is 6.54 Å². The zero-order valence-corrected chi connectivity index (χ0v) is 34.4. The molecule has 0 spiro atoms. The van der Waals surface area contributed by atoms with Gasteiger partial charge in [0.15, 0.2) is 17.5 Å². The SMILES string of the molecule is CC(N/C(=N\Cc1ccc(-c2c(-c3ccc(-c4nc(-c5ccccc5)nc(-c5ccccc5)n4)cc3)c3ccccc3c3ccccc23)cc1)c1ccccc1)c1ccccc1. The van der Waals surface area contributed by atoms with Crippen molar-refractivity contribution >= 4 is 27.4 Å². The maximum Gasteiger partial charge on any atom is 0.164 e. The molecule has 10 rings (SSSR count). The first-order valence-corrected chi connectivity index (χ1v) is 21.1. The van der Waals surface area contributed by atoms with Crippen LogP contribution in [0.3, 0.4) is 0 Å². The summed E-state index contributed by atoms with van der Waals surface area (Å²) >= 11 is 0. The lowest BCUT2D eigenvalue weighted by molar-refractivity contribution is 0.713. The van der Waals surface area contributed by atoms with E-state index in [-0.39, 0.29) is 6.04 Å². The van der Waals surface area contributed by atoms with Gasteiger partial charge in [0.25, 0.3) is 0 Å². The van der Waals surface area contributed by atoms with Crippen LogP contribution in [0.5, 0.6) is 0 Å². The quantitative estimate of drug-likeness (QED) is 0.0850. The van der Waals surface area contributed by atoms with E-state index in [2.05, 4.69) is 158 Å². The van der Waals surface area contributed by atoms with E-state index in [9.17, 15) is 0 Å². The molecule has 1 N–H and O–H groups in total. The van der Waals surface area contributed by atoms with E-state index in [1.807, 2.05) is 72.8 Å². The van der Waals surface area contributed by atoms with Crippen LogP contribution in [0.2, 0.25) is 0 Å². The highest BCUT2D eigenvalue weighted by Gasteiger charge is 2.19. The molecule has 1 unspecified atom stereocenters. The van der Waals surface area contributed by atoms with Crippen molar-refractivity contribution in [1.29, 1.82) is 0 Å². The van der Waals surface area contributed by atoms with Gasteiger partial charge in [-0.25, -0.2) is 15.0 Å². The summed E-state index contributed by atoms with van der Waals surface area (Å²) in [6, 6.07) is 76.3. The van der Waals surface area contributed by atoms with Gasteiger partial charge in [0, 0.05) is 28.3 Å². The van der Waals surface area contributed by atoms with E-state index in [0.29, 0.717) is 24.0 Å². The number of rotatable bonds is 10. The van der Waals surface area contributed by atoms with Crippen molar-refractivity contribution in [3.05, 3.63) is 235 Å². The summed E-state index contributed by atoms with van der Waals surface area (Å²) in [5, 5.41) is 8.55. The molecular weight excluding hydrogens is 755 g/mol. The van der Waals surface area contributed by atoms with Gasteiger partial charge >= 0.3 is 0 Å². The second-order valence-electron chi connectivity index (χ2n) is 15.5. The lowest BCUT2D eigenvalue weighted by atomic mass is 9.84. The summed E-state index contributed by atoms with van der Waals surface area (Å²) in [6.45, 7) is 2.72. The molecule has 0 saturated carbocycles. The molecule has 296 valence electrons. The highest BCUT2D eigenvalue weighted by molar-refractivity contribution is 6.21. The Labute approximate surface area is 362 Å². The van der Waals surface area contributed by atoms with Crippen LogP contribution < -0.4 is 5.32 Å². The molecule has 1 atom stereocenters. The normalized spacial score (nSPS) is 12.0. The smallest absolute Gasteiger partial charge is 0.164 e. The number of nitrogens with zero attached hydrogens (tertiary/aromatic N) is 4. The summed E-state index contributed by atoms with van der Waals surface area (Å²) < 4.78 is 0. The van der Waals surface area contributed by atoms with Crippen molar-refractivity contribution in [3.63, 3.8) is 0 Å². The zero-order chi connectivity index (χ0) is 41.7. The molecule has 0 fully saturated rings. The number of aliphatic imine (C=N–C) groups is 1. The number of benzene rings is 9. The number of amidine groups is 1. The van der Waals surface area contributed by atoms with Gasteiger partial charge in [-0.2, -0.15) is 0 Å². The van der Waals surface area contributed by atoms with Crippen molar-refractivity contribution in [1.82, 2.24) is 20.3 Å². The molecule has 9 aromatic carbocycles. The number of aromatic nitrogens is 3. The molecule has 62 heavy (non-hydrogen) atoms. The Bertz CT molecular complexity index is 3090. The van der Waals surface area contributed by atoms with E-state index >= 15 is 0 Å². The van der Waals surface area contributed by atoms with Crippen LogP contribution in [0.15, 0.2) is 223 Å². The van der Waals surface area contributed by atoms with Gasteiger partial charge in [0.1, 0.15) is 5.84 Å². The third-order valence-electron chi connectivity index (χ3n) is 11.4. The predicted octanol–water partition coefficient (Wildman–Crippen LogP) is 13.8. The van der Waals surface area contributed by atoms with E-state index in [0.717, 1.165) is 44.8 Å². The second kappa shape index (κ2) is 17.3. The van der Waals surface area contributed by atoms with E-state index in [1.165, 1.54) is 38.2 Å². The minimum Gasteiger partial charge on any atom is -0.363 e. The Balaban J connectivity index is 1.04. The van der Waals surface area contributed by atoms with Gasteiger partial charge in [-0.15, -0.1) is 0 Å². The second-order valence-corrected chi connectivity index (χ2v) is 15.5. The average Bonchev–Trinajstić information content (AvgIpc) is 3.36. The highest BCUT2D eigenvalue weighted by Crippen LogP contribution is 2.45.